The molecule has 1 aromatic carbocycles. The smallest absolute Gasteiger partial charge is 0.399 e. The van der Waals surface area contributed by atoms with Crippen molar-refractivity contribution in [1.29, 1.82) is 0 Å². The van der Waals surface area contributed by atoms with Crippen LogP contribution in [-0.2, 0) is 9.31 Å². The molecule has 0 aromatic heterocycles. The van der Waals surface area contributed by atoms with Crippen molar-refractivity contribution in [3.05, 3.63) is 40.4 Å². The average molecular weight is 365 g/mol. The third-order valence-electron chi connectivity index (χ3n) is 4.61. The largest absolute Gasteiger partial charge is 0.495 e. The Balaban J connectivity index is 2.30. The lowest BCUT2D eigenvalue weighted by molar-refractivity contribution is 0.00578. The highest BCUT2D eigenvalue weighted by atomic mass is 79.9. The van der Waals surface area contributed by atoms with Gasteiger partial charge >= 0.3 is 7.12 Å². The molecule has 0 aliphatic carbocycles. The first-order chi connectivity index (χ1) is 10.3. The van der Waals surface area contributed by atoms with E-state index >= 15 is 0 Å². The quantitative estimate of drug-likeness (QED) is 0.496. The lowest BCUT2D eigenvalue weighted by atomic mass is 9.73. The summed E-state index contributed by atoms with van der Waals surface area (Å²) in [4.78, 5) is 0. The summed E-state index contributed by atoms with van der Waals surface area (Å²) in [5.41, 5.74) is 1.69. The zero-order valence-electron chi connectivity index (χ0n) is 14.3. The summed E-state index contributed by atoms with van der Waals surface area (Å²) in [5.74, 6) is 0. The summed E-state index contributed by atoms with van der Waals surface area (Å²) in [5, 5.41) is 0. The lowest BCUT2D eigenvalue weighted by Gasteiger charge is -2.32. The second kappa shape index (κ2) is 6.90. The molecule has 2 nitrogen and oxygen atoms in total. The van der Waals surface area contributed by atoms with Crippen molar-refractivity contribution < 1.29 is 9.31 Å². The Morgan fingerprint density at radius 3 is 2.14 bits per heavy atom. The molecule has 0 saturated carbocycles. The number of unbranched alkanes of at least 4 members (excludes halogenated alkanes) is 2. The maximum absolute atomic E-state index is 6.24. The molecule has 22 heavy (non-hydrogen) atoms. The van der Waals surface area contributed by atoms with Crippen LogP contribution in [0.15, 0.2) is 34.8 Å². The van der Waals surface area contributed by atoms with Gasteiger partial charge in [0.15, 0.2) is 0 Å². The van der Waals surface area contributed by atoms with Gasteiger partial charge in [-0.15, -0.1) is 0 Å². The van der Waals surface area contributed by atoms with Crippen molar-refractivity contribution in [3.63, 3.8) is 0 Å². The summed E-state index contributed by atoms with van der Waals surface area (Å²) in [7, 11) is -0.303. The van der Waals surface area contributed by atoms with Crippen LogP contribution in [0.25, 0.3) is 5.47 Å². The standard InChI is InChI=1S/C18H26BBrO2/c1-6-7-8-9-16(14-10-12-15(20)13-11-14)19-21-17(2,3)18(4,5)22-19/h9-13H,6-8H2,1-5H3/b16-9+. The molecule has 1 aliphatic heterocycles. The predicted molar refractivity (Wildman–Crippen MR) is 97.7 cm³/mol. The molecule has 0 radical (unpaired) electrons. The number of hydrogen-bond acceptors (Lipinski definition) is 2. The molecule has 0 bridgehead atoms. The molecule has 4 heteroatoms. The molecule has 120 valence electrons. The van der Waals surface area contributed by atoms with Gasteiger partial charge in [-0.3, -0.25) is 0 Å². The molecule has 0 unspecified atom stereocenters. The van der Waals surface area contributed by atoms with Crippen molar-refractivity contribution in [3.8, 4) is 0 Å². The molecule has 1 saturated heterocycles. The summed E-state index contributed by atoms with van der Waals surface area (Å²) >= 11 is 3.50. The Morgan fingerprint density at radius 2 is 1.64 bits per heavy atom. The third kappa shape index (κ3) is 3.84. The van der Waals surface area contributed by atoms with Crippen molar-refractivity contribution in [2.75, 3.05) is 0 Å². The maximum Gasteiger partial charge on any atom is 0.495 e. The first kappa shape index (κ1) is 17.8. The van der Waals surface area contributed by atoms with Crippen LogP contribution < -0.4 is 0 Å². The van der Waals surface area contributed by atoms with Crippen LogP contribution in [0, 0.1) is 0 Å². The van der Waals surface area contributed by atoms with Crippen LogP contribution >= 0.6 is 15.9 Å². The van der Waals surface area contributed by atoms with Crippen LogP contribution in [0.3, 0.4) is 0 Å². The highest BCUT2D eigenvalue weighted by molar-refractivity contribution is 9.10. The number of halogens is 1. The van der Waals surface area contributed by atoms with Crippen LogP contribution in [0.2, 0.25) is 0 Å². The SMILES string of the molecule is CCCC/C=C(/B1OC(C)(C)C(C)(C)O1)c1ccc(Br)cc1. The van der Waals surface area contributed by atoms with E-state index in [1.54, 1.807) is 0 Å². The van der Waals surface area contributed by atoms with E-state index in [4.69, 9.17) is 9.31 Å². The van der Waals surface area contributed by atoms with E-state index in [0.29, 0.717) is 0 Å². The van der Waals surface area contributed by atoms with Gasteiger partial charge in [0.25, 0.3) is 0 Å². The fourth-order valence-electron chi connectivity index (χ4n) is 2.42. The molecule has 0 amide bonds. The van der Waals surface area contributed by atoms with E-state index in [-0.39, 0.29) is 18.3 Å². The highest BCUT2D eigenvalue weighted by Gasteiger charge is 2.52. The minimum absolute atomic E-state index is 0.303. The van der Waals surface area contributed by atoms with Gasteiger partial charge in [-0.2, -0.15) is 0 Å². The minimum atomic E-state index is -0.309. The Morgan fingerprint density at radius 1 is 1.09 bits per heavy atom. The zero-order valence-corrected chi connectivity index (χ0v) is 15.9. The lowest BCUT2D eigenvalue weighted by Crippen LogP contribution is -2.41. The van der Waals surface area contributed by atoms with Crippen LogP contribution in [0.4, 0.5) is 0 Å². The number of allylic oxidation sites excluding steroid dienone is 1. The van der Waals surface area contributed by atoms with E-state index in [2.05, 4.69) is 80.9 Å². The fraction of sp³-hybridized carbons (Fsp3) is 0.556. The van der Waals surface area contributed by atoms with Crippen LogP contribution in [-0.4, -0.2) is 18.3 Å². The van der Waals surface area contributed by atoms with Crippen LogP contribution in [0.1, 0.15) is 59.4 Å². The van der Waals surface area contributed by atoms with E-state index in [9.17, 15) is 0 Å². The molecule has 0 N–H and O–H groups in total. The summed E-state index contributed by atoms with van der Waals surface area (Å²) < 4.78 is 13.6. The number of benzene rings is 1. The molecule has 0 spiro atoms. The zero-order chi connectivity index (χ0) is 16.4. The molecular formula is C18H26BBrO2. The molecule has 1 heterocycles. The van der Waals surface area contributed by atoms with Gasteiger partial charge in [0.1, 0.15) is 0 Å². The van der Waals surface area contributed by atoms with Gasteiger partial charge in [-0.25, -0.2) is 0 Å². The summed E-state index contributed by atoms with van der Waals surface area (Å²) in [6, 6.07) is 8.36. The first-order valence-electron chi connectivity index (χ1n) is 8.08. The number of hydrogen-bond donors (Lipinski definition) is 0. The second-order valence-corrected chi connectivity index (χ2v) is 7.81. The van der Waals surface area contributed by atoms with E-state index < -0.39 is 0 Å². The first-order valence-corrected chi connectivity index (χ1v) is 8.88. The molecular weight excluding hydrogens is 339 g/mol. The molecule has 1 aliphatic rings. The Kier molecular flexibility index (Phi) is 5.57. The van der Waals surface area contributed by atoms with Gasteiger partial charge in [0.2, 0.25) is 0 Å². The predicted octanol–water partition coefficient (Wildman–Crippen LogP) is 5.65. The van der Waals surface area contributed by atoms with Gasteiger partial charge in [0, 0.05) is 4.47 Å². The Labute approximate surface area is 143 Å². The van der Waals surface area contributed by atoms with E-state index in [1.165, 1.54) is 12.8 Å². The van der Waals surface area contributed by atoms with E-state index in [1.807, 2.05) is 0 Å². The Bertz CT molecular complexity index is 519. The van der Waals surface area contributed by atoms with Gasteiger partial charge < -0.3 is 9.31 Å². The van der Waals surface area contributed by atoms with Crippen molar-refractivity contribution >= 4 is 28.5 Å². The van der Waals surface area contributed by atoms with Gasteiger partial charge in [0.05, 0.1) is 11.2 Å². The van der Waals surface area contributed by atoms with Gasteiger partial charge in [-0.05, 0) is 57.3 Å². The maximum atomic E-state index is 6.24. The summed E-state index contributed by atoms with van der Waals surface area (Å²) in [6.45, 7) is 10.6. The topological polar surface area (TPSA) is 18.5 Å². The van der Waals surface area contributed by atoms with Crippen LogP contribution in [0.5, 0.6) is 0 Å². The monoisotopic (exact) mass is 364 g/mol. The normalized spacial score (nSPS) is 20.5. The number of rotatable bonds is 5. The highest BCUT2D eigenvalue weighted by Crippen LogP contribution is 2.40. The van der Waals surface area contributed by atoms with Crippen molar-refractivity contribution in [2.45, 2.75) is 65.1 Å². The molecule has 0 atom stereocenters. The fourth-order valence-corrected chi connectivity index (χ4v) is 2.69. The summed E-state index contributed by atoms with van der Waals surface area (Å²) in [6.07, 6.45) is 5.69. The molecule has 2 rings (SSSR count). The van der Waals surface area contributed by atoms with Crippen molar-refractivity contribution in [1.82, 2.24) is 0 Å². The Hall–Kier alpha value is -0.575. The average Bonchev–Trinajstić information content (AvgIpc) is 2.65. The van der Waals surface area contributed by atoms with E-state index in [0.717, 1.165) is 21.9 Å². The third-order valence-corrected chi connectivity index (χ3v) is 5.14. The van der Waals surface area contributed by atoms with Crippen molar-refractivity contribution in [2.24, 2.45) is 0 Å². The molecule has 1 fully saturated rings. The minimum Gasteiger partial charge on any atom is -0.399 e. The molecule has 1 aromatic rings. The second-order valence-electron chi connectivity index (χ2n) is 6.90. The van der Waals surface area contributed by atoms with Gasteiger partial charge in [-0.1, -0.05) is 53.9 Å².